The highest BCUT2D eigenvalue weighted by atomic mass is 35.5. The van der Waals surface area contributed by atoms with Gasteiger partial charge in [0.1, 0.15) is 0 Å². The van der Waals surface area contributed by atoms with Crippen LogP contribution in [-0.4, -0.2) is 34.6 Å². The molecule has 0 aliphatic heterocycles. The average Bonchev–Trinajstić information content (AvgIpc) is 2.59. The second kappa shape index (κ2) is 8.82. The molecule has 6 nitrogen and oxygen atoms in total. The van der Waals surface area contributed by atoms with E-state index in [2.05, 4.69) is 20.6 Å². The van der Waals surface area contributed by atoms with E-state index in [1.807, 2.05) is 38.3 Å². The first-order valence-electron chi connectivity index (χ1n) is 7.63. The van der Waals surface area contributed by atoms with Crippen molar-refractivity contribution in [2.75, 3.05) is 18.1 Å². The largest absolute Gasteiger partial charge is 0.350 e. The summed E-state index contributed by atoms with van der Waals surface area (Å²) in [5.41, 5.74) is 3.02. The van der Waals surface area contributed by atoms with Crippen LogP contribution < -0.4 is 10.6 Å². The van der Waals surface area contributed by atoms with E-state index in [0.29, 0.717) is 5.16 Å². The lowest BCUT2D eigenvalue weighted by Gasteiger charge is -2.11. The van der Waals surface area contributed by atoms with Crippen LogP contribution >= 0.6 is 23.4 Å². The summed E-state index contributed by atoms with van der Waals surface area (Å²) in [7, 11) is 0. The molecule has 25 heavy (non-hydrogen) atoms. The third-order valence-corrected chi connectivity index (χ3v) is 4.47. The van der Waals surface area contributed by atoms with E-state index in [9.17, 15) is 9.59 Å². The Morgan fingerprint density at radius 1 is 1.28 bits per heavy atom. The van der Waals surface area contributed by atoms with Crippen molar-refractivity contribution in [1.29, 1.82) is 0 Å². The molecule has 2 amide bonds. The molecule has 1 aromatic heterocycles. The van der Waals surface area contributed by atoms with E-state index in [4.69, 9.17) is 11.6 Å². The minimum atomic E-state index is -0.428. The van der Waals surface area contributed by atoms with Crippen LogP contribution in [0.1, 0.15) is 28.0 Å². The van der Waals surface area contributed by atoms with Gasteiger partial charge in [0, 0.05) is 18.7 Å². The maximum Gasteiger partial charge on any atom is 0.271 e. The third-order valence-electron chi connectivity index (χ3n) is 3.64. The number of hydrogen-bond donors (Lipinski definition) is 2. The maximum atomic E-state index is 12.1. The van der Waals surface area contributed by atoms with Crippen LogP contribution in [0.15, 0.2) is 29.6 Å². The fraction of sp³-hybridized carbons (Fsp3) is 0.294. The van der Waals surface area contributed by atoms with Crippen molar-refractivity contribution < 1.29 is 9.59 Å². The molecule has 0 fully saturated rings. The molecular weight excluding hydrogens is 360 g/mol. The summed E-state index contributed by atoms with van der Waals surface area (Å²) in [5, 5.41) is 6.14. The van der Waals surface area contributed by atoms with E-state index in [0.717, 1.165) is 16.8 Å². The maximum absolute atomic E-state index is 12.1. The van der Waals surface area contributed by atoms with Crippen LogP contribution in [0.3, 0.4) is 0 Å². The van der Waals surface area contributed by atoms with E-state index in [-0.39, 0.29) is 29.6 Å². The van der Waals surface area contributed by atoms with Crippen LogP contribution in [0.25, 0.3) is 0 Å². The molecular formula is C17H19ClN4O2S. The molecule has 0 unspecified atom stereocenters. The highest BCUT2D eigenvalue weighted by molar-refractivity contribution is 7.98. The number of rotatable bonds is 6. The molecule has 2 N–H and O–H groups in total. The van der Waals surface area contributed by atoms with Gasteiger partial charge in [0.25, 0.3) is 5.91 Å². The summed E-state index contributed by atoms with van der Waals surface area (Å²) < 4.78 is 0. The van der Waals surface area contributed by atoms with Gasteiger partial charge in [0.2, 0.25) is 5.91 Å². The van der Waals surface area contributed by atoms with Gasteiger partial charge in [-0.3, -0.25) is 9.59 Å². The summed E-state index contributed by atoms with van der Waals surface area (Å²) in [5.74, 6) is -0.602. The van der Waals surface area contributed by atoms with Crippen molar-refractivity contribution in [3.8, 4) is 0 Å². The average molecular weight is 379 g/mol. The monoisotopic (exact) mass is 378 g/mol. The van der Waals surface area contributed by atoms with Crippen molar-refractivity contribution in [3.05, 3.63) is 46.2 Å². The first-order valence-corrected chi connectivity index (χ1v) is 9.23. The lowest BCUT2D eigenvalue weighted by Crippen LogP contribution is -2.28. The second-order valence-corrected chi connectivity index (χ2v) is 6.54. The number of nitrogens with zero attached hydrogens (tertiary/aromatic N) is 2. The molecule has 2 aromatic rings. The van der Waals surface area contributed by atoms with E-state index >= 15 is 0 Å². The van der Waals surface area contributed by atoms with Crippen LogP contribution in [-0.2, 0) is 4.79 Å². The molecule has 0 atom stereocenters. The number of aryl methyl sites for hydroxylation is 1. The number of nitrogens with one attached hydrogen (secondary N) is 2. The summed E-state index contributed by atoms with van der Waals surface area (Å²) in [4.78, 5) is 32.3. The smallest absolute Gasteiger partial charge is 0.271 e. The van der Waals surface area contributed by atoms with Crippen molar-refractivity contribution in [2.45, 2.75) is 25.4 Å². The Morgan fingerprint density at radius 2 is 2.04 bits per heavy atom. The number of amides is 2. The van der Waals surface area contributed by atoms with E-state index < -0.39 is 5.91 Å². The van der Waals surface area contributed by atoms with Crippen molar-refractivity contribution in [2.24, 2.45) is 0 Å². The molecule has 0 saturated carbocycles. The van der Waals surface area contributed by atoms with Crippen molar-refractivity contribution in [3.63, 3.8) is 0 Å². The van der Waals surface area contributed by atoms with Gasteiger partial charge < -0.3 is 10.6 Å². The number of anilines is 1. The van der Waals surface area contributed by atoms with E-state index in [1.165, 1.54) is 18.0 Å². The molecule has 0 spiro atoms. The number of thioether (sulfide) groups is 1. The SMILES string of the molecule is CSc1ncc(Cl)c(C(=O)NCCC(=O)Nc2cccc(C)c2C)n1. The Balaban J connectivity index is 1.89. The molecule has 0 bridgehead atoms. The fourth-order valence-corrected chi connectivity index (χ4v) is 2.60. The molecule has 0 aliphatic carbocycles. The molecule has 2 rings (SSSR count). The molecule has 1 heterocycles. The number of aromatic nitrogens is 2. The van der Waals surface area contributed by atoms with Gasteiger partial charge in [-0.2, -0.15) is 0 Å². The topological polar surface area (TPSA) is 84.0 Å². The summed E-state index contributed by atoms with van der Waals surface area (Å²) in [6, 6.07) is 5.73. The standard InChI is InChI=1S/C17H19ClN4O2S/c1-10-5-4-6-13(11(10)2)21-14(23)7-8-19-16(24)15-12(18)9-20-17(22-15)25-3/h4-6,9H,7-8H2,1-3H3,(H,19,24)(H,21,23). The number of carbonyl (C=O) groups is 2. The molecule has 0 aliphatic rings. The van der Waals surface area contributed by atoms with Gasteiger partial charge in [0.05, 0.1) is 11.2 Å². The molecule has 0 radical (unpaired) electrons. The Kier molecular flexibility index (Phi) is 6.78. The predicted molar refractivity (Wildman–Crippen MR) is 100 cm³/mol. The Labute approximate surface area is 155 Å². The number of benzene rings is 1. The van der Waals surface area contributed by atoms with Gasteiger partial charge in [-0.25, -0.2) is 9.97 Å². The molecule has 8 heteroatoms. The lowest BCUT2D eigenvalue weighted by atomic mass is 10.1. The normalized spacial score (nSPS) is 10.4. The zero-order valence-corrected chi connectivity index (χ0v) is 15.8. The van der Waals surface area contributed by atoms with Gasteiger partial charge in [0.15, 0.2) is 10.9 Å². The Hall–Kier alpha value is -2.12. The van der Waals surface area contributed by atoms with Gasteiger partial charge in [-0.1, -0.05) is 35.5 Å². The summed E-state index contributed by atoms with van der Waals surface area (Å²) >= 11 is 7.27. The minimum Gasteiger partial charge on any atom is -0.350 e. The zero-order valence-electron chi connectivity index (χ0n) is 14.2. The first-order chi connectivity index (χ1) is 11.9. The quantitative estimate of drug-likeness (QED) is 0.595. The number of hydrogen-bond acceptors (Lipinski definition) is 5. The highest BCUT2D eigenvalue weighted by Crippen LogP contribution is 2.18. The van der Waals surface area contributed by atoms with Crippen LogP contribution in [0, 0.1) is 13.8 Å². The molecule has 1 aromatic carbocycles. The highest BCUT2D eigenvalue weighted by Gasteiger charge is 2.14. The Morgan fingerprint density at radius 3 is 2.76 bits per heavy atom. The minimum absolute atomic E-state index is 0.107. The summed E-state index contributed by atoms with van der Waals surface area (Å²) in [6.45, 7) is 4.12. The van der Waals surface area contributed by atoms with Crippen LogP contribution in [0.2, 0.25) is 5.02 Å². The molecule has 0 saturated heterocycles. The predicted octanol–water partition coefficient (Wildman–Crippen LogP) is 3.23. The first kappa shape index (κ1) is 19.2. The number of halogens is 1. The lowest BCUT2D eigenvalue weighted by molar-refractivity contribution is -0.116. The van der Waals surface area contributed by atoms with Gasteiger partial charge in [-0.15, -0.1) is 0 Å². The third kappa shape index (κ3) is 5.17. The van der Waals surface area contributed by atoms with Crippen LogP contribution in [0.5, 0.6) is 0 Å². The summed E-state index contributed by atoms with van der Waals surface area (Å²) in [6.07, 6.45) is 3.35. The van der Waals surface area contributed by atoms with E-state index in [1.54, 1.807) is 0 Å². The Bertz CT molecular complexity index is 798. The molecule has 132 valence electrons. The van der Waals surface area contributed by atoms with Gasteiger partial charge >= 0.3 is 0 Å². The van der Waals surface area contributed by atoms with Gasteiger partial charge in [-0.05, 0) is 37.3 Å². The van der Waals surface area contributed by atoms with Crippen LogP contribution in [0.4, 0.5) is 5.69 Å². The zero-order chi connectivity index (χ0) is 18.4. The number of carbonyl (C=O) groups excluding carboxylic acids is 2. The fourth-order valence-electron chi connectivity index (χ4n) is 2.08. The van der Waals surface area contributed by atoms with Crippen molar-refractivity contribution >= 4 is 40.9 Å². The second-order valence-electron chi connectivity index (χ2n) is 5.35. The van der Waals surface area contributed by atoms with Crippen molar-refractivity contribution in [1.82, 2.24) is 15.3 Å².